The molecule has 0 amide bonds. The van der Waals surface area contributed by atoms with E-state index in [-0.39, 0.29) is 6.61 Å². The predicted octanol–water partition coefficient (Wildman–Crippen LogP) is -0.401. The molecular weight excluding hydrogens is 267 g/mol. The van der Waals surface area contributed by atoms with E-state index in [0.29, 0.717) is 0 Å². The highest BCUT2D eigenvalue weighted by Crippen LogP contribution is 2.09. The molecule has 9 heteroatoms. The zero-order chi connectivity index (χ0) is 13.8. The largest absolute Gasteiger partial charge is 0.480 e. The van der Waals surface area contributed by atoms with Gasteiger partial charge in [0.2, 0.25) is 10.0 Å². The van der Waals surface area contributed by atoms with Gasteiger partial charge in [-0.25, -0.2) is 12.8 Å². The number of halogens is 1. The Hall–Kier alpha value is -1.58. The maximum absolute atomic E-state index is 12.8. The summed E-state index contributed by atoms with van der Waals surface area (Å²) in [4.78, 5) is 13.7. The number of aromatic nitrogens is 1. The molecule has 0 aromatic carbocycles. The number of hydrogen-bond acceptors (Lipinski definition) is 5. The van der Waals surface area contributed by atoms with Gasteiger partial charge >= 0.3 is 5.97 Å². The average molecular weight is 278 g/mol. The molecule has 2 N–H and O–H groups in total. The first-order valence-corrected chi connectivity index (χ1v) is 6.20. The molecule has 0 radical (unpaired) electrons. The SMILES string of the molecule is COCC(NS(=O)(=O)c1cncc(F)c1)C(=O)O. The monoisotopic (exact) mass is 278 g/mol. The van der Waals surface area contributed by atoms with Crippen molar-refractivity contribution < 1.29 is 27.4 Å². The Morgan fingerprint density at radius 2 is 2.28 bits per heavy atom. The zero-order valence-corrected chi connectivity index (χ0v) is 10.1. The fourth-order valence-corrected chi connectivity index (χ4v) is 2.26. The molecule has 0 bridgehead atoms. The number of nitrogens with zero attached hydrogens (tertiary/aromatic N) is 1. The van der Waals surface area contributed by atoms with Crippen LogP contribution in [0.5, 0.6) is 0 Å². The highest BCUT2D eigenvalue weighted by atomic mass is 32.2. The summed E-state index contributed by atoms with van der Waals surface area (Å²) >= 11 is 0. The molecule has 7 nitrogen and oxygen atoms in total. The van der Waals surface area contributed by atoms with E-state index in [1.165, 1.54) is 7.11 Å². The van der Waals surface area contributed by atoms with Crippen LogP contribution in [0.25, 0.3) is 0 Å². The number of rotatable bonds is 6. The number of hydrogen-bond donors (Lipinski definition) is 2. The number of carboxylic acid groups (broad SMARTS) is 1. The summed E-state index contributed by atoms with van der Waals surface area (Å²) in [6.45, 7) is -0.350. The van der Waals surface area contributed by atoms with Crippen LogP contribution in [-0.2, 0) is 19.6 Å². The van der Waals surface area contributed by atoms with Gasteiger partial charge in [-0.2, -0.15) is 4.72 Å². The number of ether oxygens (including phenoxy) is 1. The number of methoxy groups -OCH3 is 1. The van der Waals surface area contributed by atoms with E-state index < -0.39 is 32.7 Å². The van der Waals surface area contributed by atoms with Gasteiger partial charge in [0.05, 0.1) is 12.8 Å². The summed E-state index contributed by atoms with van der Waals surface area (Å²) in [5.41, 5.74) is 0. The number of carboxylic acids is 1. The Morgan fingerprint density at radius 1 is 1.61 bits per heavy atom. The van der Waals surface area contributed by atoms with E-state index in [1.807, 2.05) is 4.72 Å². The van der Waals surface area contributed by atoms with Crippen LogP contribution in [0, 0.1) is 5.82 Å². The lowest BCUT2D eigenvalue weighted by Gasteiger charge is -2.13. The second-order valence-corrected chi connectivity index (χ2v) is 5.02. The molecule has 1 heterocycles. The van der Waals surface area contributed by atoms with Crippen LogP contribution in [0.1, 0.15) is 0 Å². The quantitative estimate of drug-likeness (QED) is 0.733. The maximum atomic E-state index is 12.8. The van der Waals surface area contributed by atoms with Gasteiger partial charge < -0.3 is 9.84 Å². The summed E-state index contributed by atoms with van der Waals surface area (Å²) in [5, 5.41) is 8.77. The average Bonchev–Trinajstić information content (AvgIpc) is 2.28. The normalized spacial score (nSPS) is 13.2. The van der Waals surface area contributed by atoms with Crippen LogP contribution < -0.4 is 4.72 Å². The highest BCUT2D eigenvalue weighted by molar-refractivity contribution is 7.89. The van der Waals surface area contributed by atoms with Crippen LogP contribution in [0.15, 0.2) is 23.4 Å². The van der Waals surface area contributed by atoms with Crippen molar-refractivity contribution in [2.45, 2.75) is 10.9 Å². The van der Waals surface area contributed by atoms with Gasteiger partial charge in [0.15, 0.2) is 0 Å². The van der Waals surface area contributed by atoms with Crippen molar-refractivity contribution in [1.29, 1.82) is 0 Å². The molecule has 0 fully saturated rings. The van der Waals surface area contributed by atoms with Crippen molar-refractivity contribution >= 4 is 16.0 Å². The van der Waals surface area contributed by atoms with Crippen molar-refractivity contribution in [2.75, 3.05) is 13.7 Å². The molecule has 1 aromatic rings. The molecule has 0 spiro atoms. The molecule has 0 aliphatic heterocycles. The van der Waals surface area contributed by atoms with Gasteiger partial charge in [-0.3, -0.25) is 9.78 Å². The topological polar surface area (TPSA) is 106 Å². The van der Waals surface area contributed by atoms with Crippen LogP contribution in [-0.4, -0.2) is 44.2 Å². The molecular formula is C9H11FN2O5S. The molecule has 1 atom stereocenters. The number of carbonyl (C=O) groups is 1. The summed E-state index contributed by atoms with van der Waals surface area (Å²) in [6, 6.07) is -0.718. The first-order valence-electron chi connectivity index (χ1n) is 4.71. The highest BCUT2D eigenvalue weighted by Gasteiger charge is 2.25. The lowest BCUT2D eigenvalue weighted by atomic mass is 10.3. The Labute approximate surface area is 103 Å². The van der Waals surface area contributed by atoms with Gasteiger partial charge in [0.25, 0.3) is 0 Å². The molecule has 18 heavy (non-hydrogen) atoms. The molecule has 0 aliphatic rings. The molecule has 1 aromatic heterocycles. The van der Waals surface area contributed by atoms with E-state index in [1.54, 1.807) is 0 Å². The Bertz CT molecular complexity index is 534. The molecule has 0 aliphatic carbocycles. The van der Waals surface area contributed by atoms with Crippen LogP contribution >= 0.6 is 0 Å². The maximum Gasteiger partial charge on any atom is 0.324 e. The summed E-state index contributed by atoms with van der Waals surface area (Å²) in [6.07, 6.45) is 1.75. The fourth-order valence-electron chi connectivity index (χ4n) is 1.12. The number of pyridine rings is 1. The first-order chi connectivity index (χ1) is 8.36. The predicted molar refractivity (Wildman–Crippen MR) is 57.8 cm³/mol. The van der Waals surface area contributed by atoms with Crippen LogP contribution in [0.2, 0.25) is 0 Å². The van der Waals surface area contributed by atoms with Crippen molar-refractivity contribution in [1.82, 2.24) is 9.71 Å². The summed E-state index contributed by atoms with van der Waals surface area (Å²) < 4.78 is 42.8. The van der Waals surface area contributed by atoms with Gasteiger partial charge in [-0.05, 0) is 6.07 Å². The second kappa shape index (κ2) is 5.85. The Balaban J connectivity index is 2.97. The van der Waals surface area contributed by atoms with Crippen molar-refractivity contribution in [3.8, 4) is 0 Å². The molecule has 1 unspecified atom stereocenters. The third kappa shape index (κ3) is 3.72. The van der Waals surface area contributed by atoms with Crippen molar-refractivity contribution in [2.24, 2.45) is 0 Å². The lowest BCUT2D eigenvalue weighted by molar-refractivity contribution is -0.140. The third-order valence-electron chi connectivity index (χ3n) is 1.92. The minimum atomic E-state index is -4.16. The van der Waals surface area contributed by atoms with E-state index in [4.69, 9.17) is 5.11 Å². The molecule has 0 saturated heterocycles. The van der Waals surface area contributed by atoms with Crippen molar-refractivity contribution in [3.63, 3.8) is 0 Å². The number of sulfonamides is 1. The smallest absolute Gasteiger partial charge is 0.324 e. The molecule has 100 valence electrons. The van der Waals surface area contributed by atoms with Gasteiger partial charge in [0, 0.05) is 13.3 Å². The standard InChI is InChI=1S/C9H11FN2O5S/c1-17-5-8(9(13)14)12-18(15,16)7-2-6(10)3-11-4-7/h2-4,8,12H,5H2,1H3,(H,13,14). The van der Waals surface area contributed by atoms with E-state index in [0.717, 1.165) is 18.5 Å². The Kier molecular flexibility index (Phi) is 4.70. The third-order valence-corrected chi connectivity index (χ3v) is 3.36. The summed E-state index contributed by atoms with van der Waals surface area (Å²) in [5.74, 6) is -2.23. The van der Waals surface area contributed by atoms with Gasteiger partial charge in [-0.1, -0.05) is 0 Å². The Morgan fingerprint density at radius 3 is 2.78 bits per heavy atom. The minimum absolute atomic E-state index is 0.350. The van der Waals surface area contributed by atoms with E-state index in [9.17, 15) is 17.6 Å². The van der Waals surface area contributed by atoms with Gasteiger partial charge in [0.1, 0.15) is 16.8 Å². The fraction of sp³-hybridized carbons (Fsp3) is 0.333. The van der Waals surface area contributed by atoms with Crippen molar-refractivity contribution in [3.05, 3.63) is 24.3 Å². The molecule has 1 rings (SSSR count). The van der Waals surface area contributed by atoms with E-state index in [2.05, 4.69) is 9.72 Å². The first kappa shape index (κ1) is 14.5. The number of aliphatic carboxylic acids is 1. The minimum Gasteiger partial charge on any atom is -0.480 e. The van der Waals surface area contributed by atoms with Crippen LogP contribution in [0.4, 0.5) is 4.39 Å². The van der Waals surface area contributed by atoms with E-state index >= 15 is 0 Å². The lowest BCUT2D eigenvalue weighted by Crippen LogP contribution is -2.43. The number of nitrogens with one attached hydrogen (secondary N) is 1. The van der Waals surface area contributed by atoms with Gasteiger partial charge in [-0.15, -0.1) is 0 Å². The summed E-state index contributed by atoms with van der Waals surface area (Å²) in [7, 11) is -2.93. The second-order valence-electron chi connectivity index (χ2n) is 3.31. The zero-order valence-electron chi connectivity index (χ0n) is 9.33. The molecule has 0 saturated carbocycles. The van der Waals surface area contributed by atoms with Crippen LogP contribution in [0.3, 0.4) is 0 Å².